The lowest BCUT2D eigenvalue weighted by Gasteiger charge is -2.12. The number of alkyl halides is 3. The van der Waals surface area contributed by atoms with Crippen molar-refractivity contribution in [3.8, 4) is 5.69 Å². The number of anilines is 1. The predicted molar refractivity (Wildman–Crippen MR) is 97.4 cm³/mol. The Morgan fingerprint density at radius 1 is 1.11 bits per heavy atom. The molecule has 0 saturated carbocycles. The Kier molecular flexibility index (Phi) is 5.16. The number of halogens is 5. The molecule has 3 aromatic rings. The molecule has 4 nitrogen and oxygen atoms in total. The summed E-state index contributed by atoms with van der Waals surface area (Å²) < 4.78 is 53.6. The van der Waals surface area contributed by atoms with Crippen molar-refractivity contribution in [2.45, 2.75) is 20.0 Å². The van der Waals surface area contributed by atoms with E-state index in [2.05, 4.69) is 10.4 Å². The summed E-state index contributed by atoms with van der Waals surface area (Å²) in [6, 6.07) is 8.66. The van der Waals surface area contributed by atoms with Crippen molar-refractivity contribution < 1.29 is 22.4 Å². The van der Waals surface area contributed by atoms with E-state index in [0.717, 1.165) is 12.1 Å². The Labute approximate surface area is 162 Å². The normalized spacial score (nSPS) is 11.5. The Morgan fingerprint density at radius 2 is 1.75 bits per heavy atom. The summed E-state index contributed by atoms with van der Waals surface area (Å²) in [6.45, 7) is 3.24. The van der Waals surface area contributed by atoms with E-state index in [1.165, 1.54) is 35.0 Å². The van der Waals surface area contributed by atoms with E-state index in [1.807, 2.05) is 0 Å². The Hall–Kier alpha value is -2.87. The molecule has 0 bridgehead atoms. The van der Waals surface area contributed by atoms with Crippen molar-refractivity contribution in [2.75, 3.05) is 5.32 Å². The van der Waals surface area contributed by atoms with E-state index >= 15 is 0 Å². The van der Waals surface area contributed by atoms with Gasteiger partial charge >= 0.3 is 6.18 Å². The average molecular weight is 412 g/mol. The number of carbonyl (C=O) groups is 1. The first-order valence-electron chi connectivity index (χ1n) is 8.08. The molecule has 0 radical (unpaired) electrons. The summed E-state index contributed by atoms with van der Waals surface area (Å²) in [4.78, 5) is 12.7. The molecule has 1 amide bonds. The first-order chi connectivity index (χ1) is 13.1. The Balaban J connectivity index is 1.93. The maximum absolute atomic E-state index is 13.1. The third-order valence-electron chi connectivity index (χ3n) is 4.12. The van der Waals surface area contributed by atoms with Crippen LogP contribution in [0.2, 0.25) is 5.02 Å². The molecule has 0 atom stereocenters. The number of rotatable bonds is 3. The number of nitrogens with zero attached hydrogens (tertiary/aromatic N) is 2. The molecule has 0 fully saturated rings. The van der Waals surface area contributed by atoms with Gasteiger partial charge in [0.2, 0.25) is 0 Å². The minimum atomic E-state index is -4.64. The lowest BCUT2D eigenvalue weighted by Crippen LogP contribution is -2.15. The summed E-state index contributed by atoms with van der Waals surface area (Å²) in [7, 11) is 0. The molecular weight excluding hydrogens is 398 g/mol. The average Bonchev–Trinajstić information content (AvgIpc) is 2.91. The molecule has 28 heavy (non-hydrogen) atoms. The van der Waals surface area contributed by atoms with Crippen molar-refractivity contribution in [3.63, 3.8) is 0 Å². The van der Waals surface area contributed by atoms with Crippen LogP contribution >= 0.6 is 11.6 Å². The zero-order chi connectivity index (χ0) is 20.6. The van der Waals surface area contributed by atoms with Crippen LogP contribution in [0.15, 0.2) is 42.5 Å². The molecule has 3 rings (SSSR count). The maximum atomic E-state index is 13.1. The van der Waals surface area contributed by atoms with Gasteiger partial charge in [-0.15, -0.1) is 0 Å². The highest BCUT2D eigenvalue weighted by atomic mass is 35.5. The SMILES string of the molecule is Cc1nn(-c2ccc(F)cc2)c(C)c1C(=O)Nc1ccc(Cl)c(C(F)(F)F)c1. The second kappa shape index (κ2) is 7.27. The molecule has 1 N–H and O–H groups in total. The Morgan fingerprint density at radius 3 is 2.36 bits per heavy atom. The standard InChI is InChI=1S/C19H14ClF4N3O/c1-10-17(11(2)27(26-10)14-6-3-12(21)4-7-14)18(28)25-13-5-8-16(20)15(9-13)19(22,23)24/h3-9H,1-2H3,(H,25,28). The summed E-state index contributed by atoms with van der Waals surface area (Å²) in [6.07, 6.45) is -4.64. The highest BCUT2D eigenvalue weighted by molar-refractivity contribution is 6.31. The van der Waals surface area contributed by atoms with E-state index in [4.69, 9.17) is 11.6 Å². The van der Waals surface area contributed by atoms with E-state index < -0.39 is 28.5 Å². The Bertz CT molecular complexity index is 1040. The third-order valence-corrected chi connectivity index (χ3v) is 4.45. The quantitative estimate of drug-likeness (QED) is 0.574. The summed E-state index contributed by atoms with van der Waals surface area (Å²) >= 11 is 5.59. The lowest BCUT2D eigenvalue weighted by molar-refractivity contribution is -0.137. The molecule has 1 aromatic heterocycles. The number of nitrogens with one attached hydrogen (secondary N) is 1. The van der Waals surface area contributed by atoms with Crippen LogP contribution in [0.5, 0.6) is 0 Å². The summed E-state index contributed by atoms with van der Waals surface area (Å²) in [5.41, 5.74) is 0.521. The number of aromatic nitrogens is 2. The van der Waals surface area contributed by atoms with E-state index in [0.29, 0.717) is 17.1 Å². The monoisotopic (exact) mass is 411 g/mol. The topological polar surface area (TPSA) is 46.9 Å². The minimum Gasteiger partial charge on any atom is -0.322 e. The predicted octanol–water partition coefficient (Wildman–Crippen LogP) is 5.55. The lowest BCUT2D eigenvalue weighted by atomic mass is 10.1. The van der Waals surface area contributed by atoms with Crippen LogP contribution in [-0.2, 0) is 6.18 Å². The van der Waals surface area contributed by atoms with Crippen LogP contribution in [0.25, 0.3) is 5.69 Å². The van der Waals surface area contributed by atoms with Gasteiger partial charge in [0.25, 0.3) is 5.91 Å². The molecule has 0 aliphatic carbocycles. The highest BCUT2D eigenvalue weighted by Gasteiger charge is 2.33. The van der Waals surface area contributed by atoms with Crippen molar-refractivity contribution in [3.05, 3.63) is 75.8 Å². The molecule has 146 valence electrons. The molecule has 0 unspecified atom stereocenters. The number of hydrogen-bond donors (Lipinski definition) is 1. The van der Waals surface area contributed by atoms with Crippen molar-refractivity contribution in [2.24, 2.45) is 0 Å². The molecule has 2 aromatic carbocycles. The molecule has 0 saturated heterocycles. The van der Waals surface area contributed by atoms with Gasteiger partial charge in [-0.05, 0) is 56.3 Å². The van der Waals surface area contributed by atoms with Crippen LogP contribution in [0, 0.1) is 19.7 Å². The smallest absolute Gasteiger partial charge is 0.322 e. The molecule has 1 heterocycles. The highest BCUT2D eigenvalue weighted by Crippen LogP contribution is 2.36. The van der Waals surface area contributed by atoms with Crippen LogP contribution in [0.3, 0.4) is 0 Å². The zero-order valence-electron chi connectivity index (χ0n) is 14.7. The van der Waals surface area contributed by atoms with Gasteiger partial charge in [0.15, 0.2) is 0 Å². The van der Waals surface area contributed by atoms with E-state index in [-0.39, 0.29) is 11.3 Å². The summed E-state index contributed by atoms with van der Waals surface area (Å²) in [5.74, 6) is -1.02. The van der Waals surface area contributed by atoms with Crippen LogP contribution in [-0.4, -0.2) is 15.7 Å². The third kappa shape index (κ3) is 3.87. The maximum Gasteiger partial charge on any atom is 0.417 e. The number of carbonyl (C=O) groups excluding carboxylic acids is 1. The van der Waals surface area contributed by atoms with Crippen molar-refractivity contribution in [1.82, 2.24) is 9.78 Å². The molecule has 9 heteroatoms. The molecular formula is C19H14ClF4N3O. The minimum absolute atomic E-state index is 0.0462. The second-order valence-electron chi connectivity index (χ2n) is 6.08. The number of aryl methyl sites for hydroxylation is 1. The zero-order valence-corrected chi connectivity index (χ0v) is 15.5. The fourth-order valence-electron chi connectivity index (χ4n) is 2.82. The van der Waals surface area contributed by atoms with Gasteiger partial charge < -0.3 is 5.32 Å². The fraction of sp³-hybridized carbons (Fsp3) is 0.158. The van der Waals surface area contributed by atoms with Gasteiger partial charge in [-0.25, -0.2) is 9.07 Å². The van der Waals surface area contributed by atoms with Crippen molar-refractivity contribution >= 4 is 23.2 Å². The van der Waals surface area contributed by atoms with Gasteiger partial charge in [-0.2, -0.15) is 18.3 Å². The molecule has 0 aliphatic heterocycles. The first-order valence-corrected chi connectivity index (χ1v) is 8.46. The molecule has 0 spiro atoms. The van der Waals surface area contributed by atoms with E-state index in [1.54, 1.807) is 13.8 Å². The largest absolute Gasteiger partial charge is 0.417 e. The first kappa shape index (κ1) is 19.9. The van der Waals surface area contributed by atoms with Gasteiger partial charge in [0.05, 0.1) is 33.2 Å². The molecule has 0 aliphatic rings. The summed E-state index contributed by atoms with van der Waals surface area (Å²) in [5, 5.41) is 6.26. The van der Waals surface area contributed by atoms with E-state index in [9.17, 15) is 22.4 Å². The number of amides is 1. The van der Waals surface area contributed by atoms with Gasteiger partial charge in [0, 0.05) is 5.69 Å². The van der Waals surface area contributed by atoms with Gasteiger partial charge in [-0.1, -0.05) is 11.6 Å². The van der Waals surface area contributed by atoms with Crippen LogP contribution in [0.4, 0.5) is 23.2 Å². The second-order valence-corrected chi connectivity index (χ2v) is 6.49. The number of benzene rings is 2. The van der Waals surface area contributed by atoms with Crippen LogP contribution in [0.1, 0.15) is 27.3 Å². The van der Waals surface area contributed by atoms with Crippen molar-refractivity contribution in [1.29, 1.82) is 0 Å². The van der Waals surface area contributed by atoms with Gasteiger partial charge in [0.1, 0.15) is 5.82 Å². The number of hydrogen-bond acceptors (Lipinski definition) is 2. The van der Waals surface area contributed by atoms with Gasteiger partial charge in [-0.3, -0.25) is 4.79 Å². The van der Waals surface area contributed by atoms with Crippen LogP contribution < -0.4 is 5.32 Å². The fourth-order valence-corrected chi connectivity index (χ4v) is 3.04.